The Kier molecular flexibility index (Phi) is 7.54. The van der Waals surface area contributed by atoms with Gasteiger partial charge in [0, 0.05) is 12.5 Å². The van der Waals surface area contributed by atoms with Crippen molar-refractivity contribution in [1.82, 2.24) is 0 Å². The molecule has 0 aromatic carbocycles. The number of ketones is 1. The van der Waals surface area contributed by atoms with Gasteiger partial charge in [0.1, 0.15) is 6.61 Å². The quantitative estimate of drug-likeness (QED) is 0.669. The summed E-state index contributed by atoms with van der Waals surface area (Å²) in [7, 11) is 1.42. The predicted octanol–water partition coefficient (Wildman–Crippen LogP) is 3.77. The molecule has 0 amide bonds. The van der Waals surface area contributed by atoms with Gasteiger partial charge in [-0.15, -0.1) is 0 Å². The van der Waals surface area contributed by atoms with Crippen molar-refractivity contribution in [2.75, 3.05) is 20.3 Å². The molecule has 2 atom stereocenters. The number of hydrogen-bond acceptors (Lipinski definition) is 4. The molecule has 0 N–H and O–H groups in total. The average Bonchev–Trinajstić information content (AvgIpc) is 2.61. The fourth-order valence-corrected chi connectivity index (χ4v) is 4.11. The molecule has 2 aliphatic rings. The molecular formula is C19H32O4. The van der Waals surface area contributed by atoms with Crippen molar-refractivity contribution in [2.45, 2.75) is 64.7 Å². The maximum Gasteiger partial charge on any atom is 0.308 e. The highest BCUT2D eigenvalue weighted by Gasteiger charge is 2.31. The van der Waals surface area contributed by atoms with E-state index in [-0.39, 0.29) is 30.2 Å². The van der Waals surface area contributed by atoms with E-state index < -0.39 is 0 Å². The van der Waals surface area contributed by atoms with Crippen LogP contribution in [-0.4, -0.2) is 32.1 Å². The second kappa shape index (κ2) is 9.41. The summed E-state index contributed by atoms with van der Waals surface area (Å²) in [6.45, 7) is 3.20. The van der Waals surface area contributed by atoms with Crippen molar-refractivity contribution in [3.05, 3.63) is 0 Å². The van der Waals surface area contributed by atoms with Gasteiger partial charge in [0.15, 0.2) is 5.78 Å². The zero-order valence-corrected chi connectivity index (χ0v) is 14.7. The maximum atomic E-state index is 12.3. The molecule has 0 aromatic rings. The Morgan fingerprint density at radius 2 is 1.61 bits per heavy atom. The van der Waals surface area contributed by atoms with Gasteiger partial charge in [0.25, 0.3) is 0 Å². The highest BCUT2D eigenvalue weighted by Crippen LogP contribution is 2.32. The Labute approximate surface area is 140 Å². The van der Waals surface area contributed by atoms with Crippen LogP contribution in [0.2, 0.25) is 0 Å². The first-order chi connectivity index (χ1) is 11.1. The smallest absolute Gasteiger partial charge is 0.308 e. The molecule has 0 spiro atoms. The highest BCUT2D eigenvalue weighted by molar-refractivity contribution is 5.83. The molecular weight excluding hydrogens is 292 g/mol. The molecule has 0 radical (unpaired) electrons. The topological polar surface area (TPSA) is 52.6 Å². The van der Waals surface area contributed by atoms with E-state index in [1.807, 2.05) is 0 Å². The fraction of sp³-hybridized carbons (Fsp3) is 0.895. The molecule has 2 saturated carbocycles. The van der Waals surface area contributed by atoms with E-state index in [9.17, 15) is 9.59 Å². The van der Waals surface area contributed by atoms with Crippen molar-refractivity contribution in [1.29, 1.82) is 0 Å². The summed E-state index contributed by atoms with van der Waals surface area (Å²) >= 11 is 0. The maximum absolute atomic E-state index is 12.3. The summed E-state index contributed by atoms with van der Waals surface area (Å²) in [6, 6.07) is 0. The summed E-state index contributed by atoms with van der Waals surface area (Å²) in [4.78, 5) is 24.0. The summed E-state index contributed by atoms with van der Waals surface area (Å²) in [5, 5.41) is 0. The Hall–Kier alpha value is -0.900. The van der Waals surface area contributed by atoms with Gasteiger partial charge in [-0.3, -0.25) is 9.59 Å². The minimum Gasteiger partial charge on any atom is -0.469 e. The zero-order chi connectivity index (χ0) is 16.7. The molecule has 2 unspecified atom stereocenters. The van der Waals surface area contributed by atoms with E-state index in [2.05, 4.69) is 6.92 Å². The van der Waals surface area contributed by atoms with Crippen molar-refractivity contribution in [3.63, 3.8) is 0 Å². The molecule has 4 nitrogen and oxygen atoms in total. The lowest BCUT2D eigenvalue weighted by Gasteiger charge is -2.28. The van der Waals surface area contributed by atoms with Crippen LogP contribution in [-0.2, 0) is 19.1 Å². The van der Waals surface area contributed by atoms with Crippen LogP contribution in [0.15, 0.2) is 0 Å². The molecule has 0 aliphatic heterocycles. The lowest BCUT2D eigenvalue weighted by Crippen LogP contribution is -2.30. The Morgan fingerprint density at radius 3 is 2.26 bits per heavy atom. The number of esters is 1. The van der Waals surface area contributed by atoms with Crippen LogP contribution in [0.3, 0.4) is 0 Å². The summed E-state index contributed by atoms with van der Waals surface area (Å²) in [6.07, 6.45) is 9.67. The van der Waals surface area contributed by atoms with Crippen LogP contribution in [0.1, 0.15) is 64.7 Å². The third kappa shape index (κ3) is 5.59. The van der Waals surface area contributed by atoms with E-state index in [1.54, 1.807) is 0 Å². The SMILES string of the molecule is CCC1CCC(COCC(=O)C2CCCC(C(=O)OC)C2)CC1. The van der Waals surface area contributed by atoms with Gasteiger partial charge in [-0.2, -0.15) is 0 Å². The third-order valence-corrected chi connectivity index (χ3v) is 5.81. The van der Waals surface area contributed by atoms with Crippen LogP contribution >= 0.6 is 0 Å². The van der Waals surface area contributed by atoms with Gasteiger partial charge >= 0.3 is 5.97 Å². The minimum absolute atomic E-state index is 0.0244. The lowest BCUT2D eigenvalue weighted by molar-refractivity contribution is -0.147. The van der Waals surface area contributed by atoms with E-state index in [0.29, 0.717) is 12.3 Å². The number of carbonyl (C=O) groups excluding carboxylic acids is 2. The fourth-order valence-electron chi connectivity index (χ4n) is 4.11. The largest absolute Gasteiger partial charge is 0.469 e. The molecule has 0 heterocycles. The Morgan fingerprint density at radius 1 is 0.957 bits per heavy atom. The number of carbonyl (C=O) groups is 2. The predicted molar refractivity (Wildman–Crippen MR) is 89.0 cm³/mol. The second-order valence-corrected chi connectivity index (χ2v) is 7.36. The molecule has 23 heavy (non-hydrogen) atoms. The molecule has 4 heteroatoms. The normalized spacial score (nSPS) is 31.6. The van der Waals surface area contributed by atoms with Crippen molar-refractivity contribution in [2.24, 2.45) is 23.7 Å². The number of methoxy groups -OCH3 is 1. The van der Waals surface area contributed by atoms with E-state index >= 15 is 0 Å². The minimum atomic E-state index is -0.170. The molecule has 2 aliphatic carbocycles. The van der Waals surface area contributed by atoms with Crippen LogP contribution in [0.5, 0.6) is 0 Å². The van der Waals surface area contributed by atoms with E-state index in [1.165, 1.54) is 39.2 Å². The molecule has 0 saturated heterocycles. The van der Waals surface area contributed by atoms with Crippen molar-refractivity contribution < 1.29 is 19.1 Å². The summed E-state index contributed by atoms with van der Waals surface area (Å²) in [5.74, 6) is 1.39. The summed E-state index contributed by atoms with van der Waals surface area (Å²) in [5.41, 5.74) is 0. The van der Waals surface area contributed by atoms with Crippen LogP contribution in [0, 0.1) is 23.7 Å². The second-order valence-electron chi connectivity index (χ2n) is 7.36. The number of ether oxygens (including phenoxy) is 2. The first-order valence-corrected chi connectivity index (χ1v) is 9.32. The zero-order valence-electron chi connectivity index (χ0n) is 14.7. The third-order valence-electron chi connectivity index (χ3n) is 5.81. The Balaban J connectivity index is 1.65. The van der Waals surface area contributed by atoms with Crippen LogP contribution in [0.4, 0.5) is 0 Å². The lowest BCUT2D eigenvalue weighted by atomic mass is 9.79. The van der Waals surface area contributed by atoms with Crippen LogP contribution < -0.4 is 0 Å². The number of Topliss-reactive ketones (excluding diaryl/α,β-unsaturated/α-hetero) is 1. The van der Waals surface area contributed by atoms with Gasteiger partial charge in [-0.05, 0) is 43.9 Å². The average molecular weight is 324 g/mol. The molecule has 132 valence electrons. The monoisotopic (exact) mass is 324 g/mol. The summed E-state index contributed by atoms with van der Waals surface area (Å²) < 4.78 is 10.5. The number of rotatable bonds is 7. The molecule has 0 bridgehead atoms. The first-order valence-electron chi connectivity index (χ1n) is 9.32. The van der Waals surface area contributed by atoms with Gasteiger partial charge in [-0.25, -0.2) is 0 Å². The Bertz CT molecular complexity index is 385. The molecule has 2 rings (SSSR count). The molecule has 0 aromatic heterocycles. The van der Waals surface area contributed by atoms with E-state index in [0.717, 1.165) is 31.8 Å². The van der Waals surface area contributed by atoms with Gasteiger partial charge in [-0.1, -0.05) is 32.6 Å². The van der Waals surface area contributed by atoms with Gasteiger partial charge in [0.2, 0.25) is 0 Å². The first kappa shape index (κ1) is 18.4. The standard InChI is InChI=1S/C19H32O4/c1-3-14-7-9-15(10-8-14)12-23-13-18(20)16-5-4-6-17(11-16)19(21)22-2/h14-17H,3-13H2,1-2H3. The van der Waals surface area contributed by atoms with E-state index in [4.69, 9.17) is 9.47 Å². The highest BCUT2D eigenvalue weighted by atomic mass is 16.5. The van der Waals surface area contributed by atoms with Gasteiger partial charge < -0.3 is 9.47 Å². The number of hydrogen-bond donors (Lipinski definition) is 0. The molecule has 2 fully saturated rings. The van der Waals surface area contributed by atoms with Crippen LogP contribution in [0.25, 0.3) is 0 Å². The van der Waals surface area contributed by atoms with Crippen molar-refractivity contribution >= 4 is 11.8 Å². The van der Waals surface area contributed by atoms with Gasteiger partial charge in [0.05, 0.1) is 13.0 Å². The van der Waals surface area contributed by atoms with Crippen molar-refractivity contribution in [3.8, 4) is 0 Å².